The van der Waals surface area contributed by atoms with Crippen molar-refractivity contribution in [2.45, 2.75) is 32.1 Å². The first kappa shape index (κ1) is 9.31. The average molecular weight is 161 g/mol. The summed E-state index contributed by atoms with van der Waals surface area (Å²) in [6, 6.07) is 0. The molecule has 0 nitrogen and oxygen atoms in total. The predicted molar refractivity (Wildman–Crippen MR) is 54.8 cm³/mol. The van der Waals surface area contributed by atoms with Crippen molar-refractivity contribution < 1.29 is 0 Å². The maximum atomic E-state index is 2.29. The van der Waals surface area contributed by atoms with Crippen LogP contribution in [0.4, 0.5) is 0 Å². The molecule has 1 aliphatic rings. The van der Waals surface area contributed by atoms with E-state index in [-0.39, 0.29) is 0 Å². The molecule has 0 heteroatoms. The molecule has 0 bridgehead atoms. The van der Waals surface area contributed by atoms with Crippen LogP contribution in [0, 0.1) is 6.42 Å². The molecule has 0 aromatic heterocycles. The second kappa shape index (κ2) is 6.90. The normalized spacial score (nSPS) is 28.0. The Morgan fingerprint density at radius 3 is 2.42 bits per heavy atom. The Kier molecular flexibility index (Phi) is 5.35. The van der Waals surface area contributed by atoms with Gasteiger partial charge in [-0.1, -0.05) is 36.5 Å². The van der Waals surface area contributed by atoms with Crippen LogP contribution in [0.2, 0.25) is 0 Å². The van der Waals surface area contributed by atoms with Crippen LogP contribution in [-0.2, 0) is 0 Å². The summed E-state index contributed by atoms with van der Waals surface area (Å²) in [4.78, 5) is 0. The zero-order valence-corrected chi connectivity index (χ0v) is 7.58. The molecule has 0 aromatic rings. The fourth-order valence-corrected chi connectivity index (χ4v) is 1.19. The Morgan fingerprint density at radius 2 is 1.42 bits per heavy atom. The standard InChI is InChI=1S/C12H17/c1-2-4-6-8-10-12-11-9-7-5-3-1/h1-4,7,11-12H,5-6,8-10H2/b3-1+,4-2-,12-11+. The van der Waals surface area contributed by atoms with Crippen molar-refractivity contribution >= 4 is 0 Å². The van der Waals surface area contributed by atoms with Crippen molar-refractivity contribution in [2.24, 2.45) is 0 Å². The molecule has 0 atom stereocenters. The first-order chi connectivity index (χ1) is 6.00. The Balaban J connectivity index is 2.30. The van der Waals surface area contributed by atoms with E-state index in [9.17, 15) is 0 Å². The van der Waals surface area contributed by atoms with Crippen molar-refractivity contribution in [1.29, 1.82) is 0 Å². The average Bonchev–Trinajstić information content (AvgIpc) is 2.05. The van der Waals surface area contributed by atoms with Gasteiger partial charge in [-0.2, -0.15) is 0 Å². The molecule has 0 saturated heterocycles. The van der Waals surface area contributed by atoms with Crippen LogP contribution >= 0.6 is 0 Å². The Bertz CT molecular complexity index is 152. The lowest BCUT2D eigenvalue weighted by atomic mass is 10.1. The van der Waals surface area contributed by atoms with Crippen LogP contribution in [0.15, 0.2) is 36.5 Å². The zero-order valence-electron chi connectivity index (χ0n) is 7.58. The molecule has 0 saturated carbocycles. The third-order valence-corrected chi connectivity index (χ3v) is 1.90. The van der Waals surface area contributed by atoms with E-state index in [4.69, 9.17) is 0 Å². The molecule has 0 aromatic carbocycles. The number of rotatable bonds is 0. The van der Waals surface area contributed by atoms with Crippen molar-refractivity contribution in [1.82, 2.24) is 0 Å². The molecule has 1 radical (unpaired) electrons. The van der Waals surface area contributed by atoms with Gasteiger partial charge in [0.1, 0.15) is 0 Å². The zero-order chi connectivity index (χ0) is 8.49. The number of allylic oxidation sites excluding steroid dienone is 6. The van der Waals surface area contributed by atoms with Crippen molar-refractivity contribution in [3.63, 3.8) is 0 Å². The highest BCUT2D eigenvalue weighted by Gasteiger charge is 1.83. The van der Waals surface area contributed by atoms with Crippen molar-refractivity contribution in [3.8, 4) is 0 Å². The van der Waals surface area contributed by atoms with Crippen molar-refractivity contribution in [3.05, 3.63) is 42.9 Å². The first-order valence-corrected chi connectivity index (χ1v) is 4.78. The van der Waals surface area contributed by atoms with Crippen LogP contribution < -0.4 is 0 Å². The Hall–Kier alpha value is -0.780. The SMILES string of the molecule is [CH]1C/C=C/C=C\CCC/C=C/C1. The third-order valence-electron chi connectivity index (χ3n) is 1.90. The summed E-state index contributed by atoms with van der Waals surface area (Å²) >= 11 is 0. The van der Waals surface area contributed by atoms with E-state index in [1.54, 1.807) is 0 Å². The van der Waals surface area contributed by atoms with E-state index in [0.717, 1.165) is 12.8 Å². The summed E-state index contributed by atoms with van der Waals surface area (Å²) in [5.41, 5.74) is 0. The fraction of sp³-hybridized carbons (Fsp3) is 0.417. The van der Waals surface area contributed by atoms with Gasteiger partial charge in [0.2, 0.25) is 0 Å². The van der Waals surface area contributed by atoms with Gasteiger partial charge in [-0.25, -0.2) is 0 Å². The molecule has 65 valence electrons. The number of hydrogen-bond acceptors (Lipinski definition) is 0. The maximum absolute atomic E-state index is 2.29. The molecular formula is C12H17. The quantitative estimate of drug-likeness (QED) is 0.474. The lowest BCUT2D eigenvalue weighted by Crippen LogP contribution is -1.74. The van der Waals surface area contributed by atoms with Crippen LogP contribution in [0.3, 0.4) is 0 Å². The van der Waals surface area contributed by atoms with Gasteiger partial charge >= 0.3 is 0 Å². The summed E-state index contributed by atoms with van der Waals surface area (Å²) in [7, 11) is 0. The van der Waals surface area contributed by atoms with Crippen LogP contribution in [0.1, 0.15) is 32.1 Å². The summed E-state index contributed by atoms with van der Waals surface area (Å²) in [6.07, 6.45) is 21.5. The van der Waals surface area contributed by atoms with Crippen LogP contribution in [0.25, 0.3) is 0 Å². The summed E-state index contributed by atoms with van der Waals surface area (Å²) in [5, 5.41) is 0. The van der Waals surface area contributed by atoms with Gasteiger partial charge < -0.3 is 0 Å². The van der Waals surface area contributed by atoms with E-state index in [1.165, 1.54) is 19.3 Å². The molecule has 0 aliphatic heterocycles. The smallest absolute Gasteiger partial charge is 0.0311 e. The molecule has 0 fully saturated rings. The van der Waals surface area contributed by atoms with Gasteiger partial charge in [0, 0.05) is 0 Å². The van der Waals surface area contributed by atoms with Crippen molar-refractivity contribution in [2.75, 3.05) is 0 Å². The maximum Gasteiger partial charge on any atom is -0.0311 e. The van der Waals surface area contributed by atoms with E-state index < -0.39 is 0 Å². The van der Waals surface area contributed by atoms with Gasteiger partial charge in [-0.15, -0.1) is 0 Å². The highest BCUT2D eigenvalue weighted by molar-refractivity contribution is 5.04. The van der Waals surface area contributed by atoms with Gasteiger partial charge in [0.25, 0.3) is 0 Å². The molecule has 1 rings (SSSR count). The predicted octanol–water partition coefficient (Wildman–Crippen LogP) is 3.82. The minimum absolute atomic E-state index is 1.09. The summed E-state index contributed by atoms with van der Waals surface area (Å²) < 4.78 is 0. The largest absolute Gasteiger partial charge is 0.0885 e. The van der Waals surface area contributed by atoms with Gasteiger partial charge in [-0.3, -0.25) is 0 Å². The summed E-state index contributed by atoms with van der Waals surface area (Å²) in [6.45, 7) is 0. The van der Waals surface area contributed by atoms with Gasteiger partial charge in [-0.05, 0) is 38.5 Å². The molecule has 0 spiro atoms. The molecule has 1 aliphatic carbocycles. The van der Waals surface area contributed by atoms with E-state index in [0.29, 0.717) is 0 Å². The monoisotopic (exact) mass is 161 g/mol. The minimum atomic E-state index is 1.09. The lowest BCUT2D eigenvalue weighted by Gasteiger charge is -1.93. The minimum Gasteiger partial charge on any atom is -0.0885 e. The number of hydrogen-bond donors (Lipinski definition) is 0. The second-order valence-corrected chi connectivity index (χ2v) is 3.02. The molecule has 0 amide bonds. The molecular weight excluding hydrogens is 144 g/mol. The highest BCUT2D eigenvalue weighted by atomic mass is 13.9. The first-order valence-electron chi connectivity index (χ1n) is 4.78. The van der Waals surface area contributed by atoms with E-state index in [2.05, 4.69) is 42.9 Å². The highest BCUT2D eigenvalue weighted by Crippen LogP contribution is 2.03. The Morgan fingerprint density at radius 1 is 0.667 bits per heavy atom. The molecule has 12 heavy (non-hydrogen) atoms. The topological polar surface area (TPSA) is 0 Å². The Labute approximate surface area is 75.7 Å². The van der Waals surface area contributed by atoms with Gasteiger partial charge in [0.05, 0.1) is 0 Å². The van der Waals surface area contributed by atoms with E-state index in [1.807, 2.05) is 0 Å². The molecule has 0 heterocycles. The van der Waals surface area contributed by atoms with Crippen LogP contribution in [0.5, 0.6) is 0 Å². The van der Waals surface area contributed by atoms with Gasteiger partial charge in [0.15, 0.2) is 0 Å². The lowest BCUT2D eigenvalue weighted by molar-refractivity contribution is 0.864. The third kappa shape index (κ3) is 4.95. The van der Waals surface area contributed by atoms with E-state index >= 15 is 0 Å². The molecule has 0 unspecified atom stereocenters. The fourth-order valence-electron chi connectivity index (χ4n) is 1.19. The van der Waals surface area contributed by atoms with Crippen LogP contribution in [-0.4, -0.2) is 0 Å². The summed E-state index contributed by atoms with van der Waals surface area (Å²) in [5.74, 6) is 0. The second-order valence-electron chi connectivity index (χ2n) is 3.02. The molecule has 0 N–H and O–H groups in total.